The van der Waals surface area contributed by atoms with Crippen molar-refractivity contribution in [2.75, 3.05) is 0 Å². The minimum Gasteiger partial charge on any atom is -0.480 e. The van der Waals surface area contributed by atoms with E-state index in [0.717, 1.165) is 23.9 Å². The number of carboxylic acids is 1. The van der Waals surface area contributed by atoms with Gasteiger partial charge in [0.05, 0.1) is 11.1 Å². The van der Waals surface area contributed by atoms with Crippen LogP contribution in [0.5, 0.6) is 0 Å². The van der Waals surface area contributed by atoms with Crippen LogP contribution in [0.4, 0.5) is 4.39 Å². The number of aliphatic carboxylic acids is 1. The summed E-state index contributed by atoms with van der Waals surface area (Å²) in [7, 11) is 0. The van der Waals surface area contributed by atoms with Crippen LogP contribution in [0.15, 0.2) is 23.9 Å². The van der Waals surface area contributed by atoms with E-state index in [-0.39, 0.29) is 34.1 Å². The predicted octanol–water partition coefficient (Wildman–Crippen LogP) is 1.16. The third-order valence-corrected chi connectivity index (χ3v) is 4.34. The first-order chi connectivity index (χ1) is 13.5. The lowest BCUT2D eigenvalue weighted by atomic mass is 10.2. The Morgan fingerprint density at radius 1 is 1.28 bits per heavy atom. The lowest BCUT2D eigenvalue weighted by Gasteiger charge is -2.14. The summed E-state index contributed by atoms with van der Waals surface area (Å²) in [5.41, 5.74) is -0.218. The number of amides is 2. The smallest absolute Gasteiger partial charge is 0.325 e. The number of nitrogens with zero attached hydrogens (tertiary/aromatic N) is 1. The SMILES string of the molecule is C/C=C(\NC(=O)c1cc(F)cc(CNC(C)SC(C)=O)n1)C(=O)N[C@@H](C)C(=O)O. The molecule has 158 valence electrons. The fourth-order valence-corrected chi connectivity index (χ4v) is 2.74. The van der Waals surface area contributed by atoms with Gasteiger partial charge in [-0.05, 0) is 26.8 Å². The molecule has 0 saturated heterocycles. The van der Waals surface area contributed by atoms with Crippen molar-refractivity contribution in [3.05, 3.63) is 41.1 Å². The standard InChI is InChI=1S/C18H23FN4O5S/c1-5-14(16(25)21-9(2)18(27)28)23-17(26)15-7-12(19)6-13(22-15)8-20-10(3)29-11(4)24/h5-7,9-10,20H,8H2,1-4H3,(H,21,25)(H,23,26)(H,27,28)/b14-5-/t9-,10?/m0/s1. The molecule has 1 unspecified atom stereocenters. The van der Waals surface area contributed by atoms with Crippen LogP contribution >= 0.6 is 11.8 Å². The summed E-state index contributed by atoms with van der Waals surface area (Å²) in [6.07, 6.45) is 1.28. The number of hydrogen-bond acceptors (Lipinski definition) is 7. The molecule has 4 N–H and O–H groups in total. The van der Waals surface area contributed by atoms with Gasteiger partial charge in [-0.25, -0.2) is 9.37 Å². The van der Waals surface area contributed by atoms with E-state index in [1.165, 1.54) is 26.8 Å². The molecule has 2 atom stereocenters. The van der Waals surface area contributed by atoms with E-state index in [1.807, 2.05) is 0 Å². The van der Waals surface area contributed by atoms with Crippen LogP contribution < -0.4 is 16.0 Å². The number of aromatic nitrogens is 1. The van der Waals surface area contributed by atoms with Crippen LogP contribution in [-0.2, 0) is 20.9 Å². The molecular formula is C18H23FN4O5S. The molecule has 0 bridgehead atoms. The molecule has 0 aliphatic heterocycles. The molecule has 9 nitrogen and oxygen atoms in total. The lowest BCUT2D eigenvalue weighted by molar-refractivity contribution is -0.140. The number of hydrogen-bond donors (Lipinski definition) is 4. The highest BCUT2D eigenvalue weighted by Gasteiger charge is 2.20. The summed E-state index contributed by atoms with van der Waals surface area (Å²) >= 11 is 1.07. The second kappa shape index (κ2) is 11.3. The summed E-state index contributed by atoms with van der Waals surface area (Å²) in [5, 5.41) is 16.0. The maximum absolute atomic E-state index is 13.9. The van der Waals surface area contributed by atoms with Gasteiger partial charge in [0.25, 0.3) is 11.8 Å². The maximum Gasteiger partial charge on any atom is 0.325 e. The predicted molar refractivity (Wildman–Crippen MR) is 105 cm³/mol. The molecule has 1 rings (SSSR count). The molecule has 1 heterocycles. The largest absolute Gasteiger partial charge is 0.480 e. The van der Waals surface area contributed by atoms with Gasteiger partial charge in [0.1, 0.15) is 23.3 Å². The van der Waals surface area contributed by atoms with E-state index in [9.17, 15) is 23.6 Å². The summed E-state index contributed by atoms with van der Waals surface area (Å²) in [6, 6.07) is 0.902. The first-order valence-electron chi connectivity index (χ1n) is 8.61. The number of rotatable bonds is 9. The van der Waals surface area contributed by atoms with E-state index in [4.69, 9.17) is 5.11 Å². The Morgan fingerprint density at radius 2 is 1.93 bits per heavy atom. The summed E-state index contributed by atoms with van der Waals surface area (Å²) in [4.78, 5) is 50.4. The van der Waals surface area contributed by atoms with E-state index in [2.05, 4.69) is 20.9 Å². The van der Waals surface area contributed by atoms with Gasteiger partial charge in [0.2, 0.25) is 0 Å². The number of pyridine rings is 1. The highest BCUT2D eigenvalue weighted by molar-refractivity contribution is 8.14. The van der Waals surface area contributed by atoms with Gasteiger partial charge in [-0.15, -0.1) is 0 Å². The van der Waals surface area contributed by atoms with Gasteiger partial charge in [0, 0.05) is 19.5 Å². The van der Waals surface area contributed by atoms with E-state index < -0.39 is 29.6 Å². The normalized spacial score (nSPS) is 13.3. The molecule has 29 heavy (non-hydrogen) atoms. The van der Waals surface area contributed by atoms with Crippen molar-refractivity contribution in [2.45, 2.75) is 45.7 Å². The van der Waals surface area contributed by atoms with Gasteiger partial charge < -0.3 is 15.7 Å². The molecule has 0 aliphatic carbocycles. The van der Waals surface area contributed by atoms with Gasteiger partial charge in [0.15, 0.2) is 5.12 Å². The Bertz CT molecular complexity index is 830. The minimum absolute atomic E-state index is 0.0772. The molecule has 2 amide bonds. The zero-order valence-corrected chi connectivity index (χ0v) is 17.2. The minimum atomic E-state index is -1.23. The molecule has 1 aromatic rings. The average Bonchev–Trinajstić information content (AvgIpc) is 2.62. The highest BCUT2D eigenvalue weighted by Crippen LogP contribution is 2.10. The van der Waals surface area contributed by atoms with Gasteiger partial charge in [-0.1, -0.05) is 17.8 Å². The van der Waals surface area contributed by atoms with Crippen molar-refractivity contribution < 1.29 is 28.7 Å². The lowest BCUT2D eigenvalue weighted by Crippen LogP contribution is -2.42. The highest BCUT2D eigenvalue weighted by atomic mass is 32.2. The molecule has 0 radical (unpaired) electrons. The fourth-order valence-electron chi connectivity index (χ4n) is 2.08. The van der Waals surface area contributed by atoms with Crippen molar-refractivity contribution in [1.29, 1.82) is 0 Å². The summed E-state index contributed by atoms with van der Waals surface area (Å²) in [6.45, 7) is 6.05. The van der Waals surface area contributed by atoms with Crippen LogP contribution in [0.2, 0.25) is 0 Å². The first kappa shape index (κ1) is 24.2. The Labute approximate surface area is 171 Å². The monoisotopic (exact) mass is 426 g/mol. The van der Waals surface area contributed by atoms with E-state index >= 15 is 0 Å². The van der Waals surface area contributed by atoms with E-state index in [1.54, 1.807) is 6.92 Å². The second-order valence-corrected chi connectivity index (χ2v) is 7.50. The third kappa shape index (κ3) is 8.40. The van der Waals surface area contributed by atoms with Crippen LogP contribution in [0.1, 0.15) is 43.9 Å². The quantitative estimate of drug-likeness (QED) is 0.341. The van der Waals surface area contributed by atoms with Crippen molar-refractivity contribution in [2.24, 2.45) is 0 Å². The van der Waals surface area contributed by atoms with Crippen LogP contribution in [0, 0.1) is 5.82 Å². The molecule has 0 saturated carbocycles. The van der Waals surface area contributed by atoms with E-state index in [0.29, 0.717) is 0 Å². The Kier molecular flexibility index (Phi) is 9.42. The number of nitrogens with one attached hydrogen (secondary N) is 3. The molecule has 0 fully saturated rings. The molecular weight excluding hydrogens is 403 g/mol. The molecule has 0 aromatic carbocycles. The number of carbonyl (C=O) groups excluding carboxylic acids is 3. The maximum atomic E-state index is 13.9. The second-order valence-electron chi connectivity index (χ2n) is 5.98. The number of carboxylic acid groups (broad SMARTS) is 1. The molecule has 1 aromatic heterocycles. The fraction of sp³-hybridized carbons (Fsp3) is 0.389. The molecule has 0 aliphatic rings. The number of thioether (sulfide) groups is 1. The van der Waals surface area contributed by atoms with Crippen molar-refractivity contribution in [3.8, 4) is 0 Å². The summed E-state index contributed by atoms with van der Waals surface area (Å²) in [5.74, 6) is -3.56. The van der Waals surface area contributed by atoms with Crippen LogP contribution in [-0.4, -0.2) is 44.4 Å². The molecule has 0 spiro atoms. The van der Waals surface area contributed by atoms with Crippen molar-refractivity contribution >= 4 is 34.7 Å². The zero-order chi connectivity index (χ0) is 22.1. The summed E-state index contributed by atoms with van der Waals surface area (Å²) < 4.78 is 13.9. The Hall–Kier alpha value is -2.79. The van der Waals surface area contributed by atoms with Crippen molar-refractivity contribution in [3.63, 3.8) is 0 Å². The first-order valence-corrected chi connectivity index (χ1v) is 9.49. The van der Waals surface area contributed by atoms with Gasteiger partial charge in [-0.2, -0.15) is 0 Å². The number of carbonyl (C=O) groups is 4. The Morgan fingerprint density at radius 3 is 2.48 bits per heavy atom. The number of allylic oxidation sites excluding steroid dienone is 1. The zero-order valence-electron chi connectivity index (χ0n) is 16.4. The van der Waals surface area contributed by atoms with Gasteiger partial charge >= 0.3 is 5.97 Å². The molecule has 11 heteroatoms. The topological polar surface area (TPSA) is 137 Å². The average molecular weight is 426 g/mol. The Balaban J connectivity index is 2.85. The third-order valence-electron chi connectivity index (χ3n) is 3.49. The van der Waals surface area contributed by atoms with Crippen LogP contribution in [0.3, 0.4) is 0 Å². The number of halogens is 1. The van der Waals surface area contributed by atoms with Crippen molar-refractivity contribution in [1.82, 2.24) is 20.9 Å². The van der Waals surface area contributed by atoms with Crippen LogP contribution in [0.25, 0.3) is 0 Å². The van der Waals surface area contributed by atoms with Gasteiger partial charge in [-0.3, -0.25) is 24.5 Å².